The van der Waals surface area contributed by atoms with Crippen LogP contribution in [-0.4, -0.2) is 24.1 Å². The van der Waals surface area contributed by atoms with Crippen LogP contribution >= 0.6 is 0 Å². The lowest BCUT2D eigenvalue weighted by Crippen LogP contribution is -2.28. The Balaban J connectivity index is 1.81. The molecule has 24 heavy (non-hydrogen) atoms. The maximum absolute atomic E-state index is 12.1. The molecule has 3 heterocycles. The van der Waals surface area contributed by atoms with Gasteiger partial charge in [0, 0.05) is 30.2 Å². The lowest BCUT2D eigenvalue weighted by molar-refractivity contribution is 0.532. The van der Waals surface area contributed by atoms with Crippen LogP contribution in [0.3, 0.4) is 0 Å². The van der Waals surface area contributed by atoms with Gasteiger partial charge in [0.25, 0.3) is 5.56 Å². The van der Waals surface area contributed by atoms with Gasteiger partial charge >= 0.3 is 5.69 Å². The minimum atomic E-state index is -0.491. The normalized spacial score (nSPS) is 20.0. The molecule has 7 nitrogen and oxygen atoms in total. The van der Waals surface area contributed by atoms with Gasteiger partial charge in [0.2, 0.25) is 0 Å². The van der Waals surface area contributed by atoms with Gasteiger partial charge in [-0.1, -0.05) is 13.8 Å². The molecule has 0 aliphatic heterocycles. The molecule has 7 heteroatoms. The Kier molecular flexibility index (Phi) is 3.37. The van der Waals surface area contributed by atoms with E-state index in [4.69, 9.17) is 0 Å². The molecule has 1 fully saturated rings. The van der Waals surface area contributed by atoms with Crippen molar-refractivity contribution < 1.29 is 0 Å². The Morgan fingerprint density at radius 2 is 2.17 bits per heavy atom. The topological polar surface area (TPSA) is 85.0 Å². The highest BCUT2D eigenvalue weighted by molar-refractivity contribution is 5.53. The lowest BCUT2D eigenvalue weighted by Gasteiger charge is -2.09. The third kappa shape index (κ3) is 2.55. The Bertz CT molecular complexity index is 1010. The number of H-pyrrole nitrogens is 1. The van der Waals surface area contributed by atoms with Crippen molar-refractivity contribution >= 4 is 5.65 Å². The summed E-state index contributed by atoms with van der Waals surface area (Å²) in [5, 5.41) is 4.45. The van der Waals surface area contributed by atoms with E-state index in [1.165, 1.54) is 23.3 Å². The number of aromatic amines is 1. The summed E-state index contributed by atoms with van der Waals surface area (Å²) in [5.41, 5.74) is 1.05. The molecule has 1 N–H and O–H groups in total. The highest BCUT2D eigenvalue weighted by Crippen LogP contribution is 2.51. The van der Waals surface area contributed by atoms with E-state index >= 15 is 0 Å². The summed E-state index contributed by atoms with van der Waals surface area (Å²) < 4.78 is 3.05. The Morgan fingerprint density at radius 3 is 2.92 bits per heavy atom. The number of imidazole rings is 1. The van der Waals surface area contributed by atoms with E-state index in [-0.39, 0.29) is 0 Å². The molecule has 1 aliphatic rings. The molecular formula is C17H19N5O2. The number of fused-ring (bicyclic) bond motifs is 1. The van der Waals surface area contributed by atoms with Crippen molar-refractivity contribution in [3.63, 3.8) is 0 Å². The van der Waals surface area contributed by atoms with Gasteiger partial charge in [0.1, 0.15) is 0 Å². The average Bonchev–Trinajstić information content (AvgIpc) is 3.09. The SMILES string of the molecule is CC(C)CC1CC1c1cc(-n2ccc(=O)[nH]c2=O)nn2ccnc12. The van der Waals surface area contributed by atoms with Crippen LogP contribution in [0.1, 0.15) is 38.2 Å². The minimum Gasteiger partial charge on any atom is -0.274 e. The minimum absolute atomic E-state index is 0.417. The fourth-order valence-electron chi connectivity index (χ4n) is 3.41. The molecule has 0 saturated heterocycles. The molecule has 124 valence electrons. The number of nitrogens with one attached hydrogen (secondary N) is 1. The number of hydrogen-bond donors (Lipinski definition) is 1. The summed E-state index contributed by atoms with van der Waals surface area (Å²) in [7, 11) is 0. The third-order valence-electron chi connectivity index (χ3n) is 4.54. The van der Waals surface area contributed by atoms with Crippen LogP contribution in [0, 0.1) is 11.8 Å². The van der Waals surface area contributed by atoms with Crippen LogP contribution in [-0.2, 0) is 0 Å². The summed E-state index contributed by atoms with van der Waals surface area (Å²) in [6, 6.07) is 3.24. The summed E-state index contributed by atoms with van der Waals surface area (Å²) in [6.45, 7) is 4.47. The highest BCUT2D eigenvalue weighted by Gasteiger charge is 2.40. The number of aromatic nitrogens is 5. The summed E-state index contributed by atoms with van der Waals surface area (Å²) in [6.07, 6.45) is 7.27. The molecule has 0 radical (unpaired) electrons. The van der Waals surface area contributed by atoms with Crippen LogP contribution in [0.4, 0.5) is 0 Å². The number of rotatable bonds is 4. The second-order valence-electron chi connectivity index (χ2n) is 6.87. The highest BCUT2D eigenvalue weighted by atomic mass is 16.2. The predicted octanol–water partition coefficient (Wildman–Crippen LogP) is 1.72. The molecule has 0 spiro atoms. The number of nitrogens with zero attached hydrogens (tertiary/aromatic N) is 4. The molecule has 3 aromatic rings. The largest absolute Gasteiger partial charge is 0.334 e. The van der Waals surface area contributed by atoms with Crippen molar-refractivity contribution in [2.45, 2.75) is 32.6 Å². The monoisotopic (exact) mass is 325 g/mol. The van der Waals surface area contributed by atoms with E-state index in [9.17, 15) is 9.59 Å². The van der Waals surface area contributed by atoms with Crippen LogP contribution in [0.25, 0.3) is 11.5 Å². The molecule has 0 aromatic carbocycles. The van der Waals surface area contributed by atoms with Crippen molar-refractivity contribution in [2.24, 2.45) is 11.8 Å². The Labute approximate surface area is 138 Å². The van der Waals surface area contributed by atoms with Gasteiger partial charge < -0.3 is 0 Å². The first kappa shape index (κ1) is 14.9. The summed E-state index contributed by atoms with van der Waals surface area (Å²) in [4.78, 5) is 30.0. The van der Waals surface area contributed by atoms with Gasteiger partial charge in [0.05, 0.1) is 0 Å². The second kappa shape index (κ2) is 5.43. The fraction of sp³-hybridized carbons (Fsp3) is 0.412. The van der Waals surface area contributed by atoms with Gasteiger partial charge in [-0.15, -0.1) is 5.10 Å². The van der Waals surface area contributed by atoms with E-state index < -0.39 is 11.2 Å². The third-order valence-corrected chi connectivity index (χ3v) is 4.54. The quantitative estimate of drug-likeness (QED) is 0.791. The number of hydrogen-bond acceptors (Lipinski definition) is 4. The van der Waals surface area contributed by atoms with E-state index in [1.807, 2.05) is 6.07 Å². The Morgan fingerprint density at radius 1 is 1.33 bits per heavy atom. The van der Waals surface area contributed by atoms with Gasteiger partial charge in [-0.05, 0) is 36.7 Å². The van der Waals surface area contributed by atoms with Crippen LogP contribution in [0.15, 0.2) is 40.3 Å². The first-order valence-electron chi connectivity index (χ1n) is 8.19. The van der Waals surface area contributed by atoms with Crippen LogP contribution < -0.4 is 11.2 Å². The average molecular weight is 325 g/mol. The van der Waals surface area contributed by atoms with Crippen molar-refractivity contribution in [3.8, 4) is 5.82 Å². The summed E-state index contributed by atoms with van der Waals surface area (Å²) >= 11 is 0. The van der Waals surface area contributed by atoms with Crippen molar-refractivity contribution in [2.75, 3.05) is 0 Å². The standard InChI is InChI=1S/C17H19N5O2/c1-10(2)7-11-8-12(11)13-9-14(20-22-6-4-18-16(13)22)21-5-3-15(23)19-17(21)24/h3-6,9-12H,7-8H2,1-2H3,(H,19,23,24). The molecular weight excluding hydrogens is 306 g/mol. The summed E-state index contributed by atoms with van der Waals surface area (Å²) in [5.74, 6) is 2.27. The van der Waals surface area contributed by atoms with Gasteiger partial charge in [-0.2, -0.15) is 0 Å². The van der Waals surface area contributed by atoms with E-state index in [0.717, 1.165) is 17.6 Å². The maximum Gasteiger partial charge on any atom is 0.334 e. The lowest BCUT2D eigenvalue weighted by atomic mass is 10.0. The molecule has 3 aromatic heterocycles. The van der Waals surface area contributed by atoms with Gasteiger partial charge in [-0.25, -0.2) is 14.3 Å². The second-order valence-corrected chi connectivity index (χ2v) is 6.87. The molecule has 4 rings (SSSR count). The molecule has 0 amide bonds. The van der Waals surface area contributed by atoms with E-state index in [2.05, 4.69) is 28.9 Å². The van der Waals surface area contributed by atoms with Gasteiger partial charge in [0.15, 0.2) is 11.5 Å². The molecule has 2 unspecified atom stereocenters. The fourth-order valence-corrected chi connectivity index (χ4v) is 3.41. The Hall–Kier alpha value is -2.70. The maximum atomic E-state index is 12.1. The van der Waals surface area contributed by atoms with Crippen LogP contribution in [0.2, 0.25) is 0 Å². The first-order chi connectivity index (χ1) is 11.5. The zero-order valence-electron chi connectivity index (χ0n) is 13.6. The molecule has 1 saturated carbocycles. The first-order valence-corrected chi connectivity index (χ1v) is 8.19. The van der Waals surface area contributed by atoms with Crippen LogP contribution in [0.5, 0.6) is 0 Å². The van der Waals surface area contributed by atoms with Crippen molar-refractivity contribution in [1.29, 1.82) is 0 Å². The molecule has 1 aliphatic carbocycles. The van der Waals surface area contributed by atoms with Crippen molar-refractivity contribution in [1.82, 2.24) is 24.1 Å². The predicted molar refractivity (Wildman–Crippen MR) is 89.5 cm³/mol. The molecule has 2 atom stereocenters. The smallest absolute Gasteiger partial charge is 0.274 e. The van der Waals surface area contributed by atoms with E-state index in [1.54, 1.807) is 16.9 Å². The van der Waals surface area contributed by atoms with Gasteiger partial charge in [-0.3, -0.25) is 14.3 Å². The molecule has 0 bridgehead atoms. The van der Waals surface area contributed by atoms with Crippen molar-refractivity contribution in [3.05, 3.63) is 57.1 Å². The van der Waals surface area contributed by atoms with E-state index in [0.29, 0.717) is 23.6 Å². The zero-order valence-corrected chi connectivity index (χ0v) is 13.6. The zero-order chi connectivity index (χ0) is 16.8.